The summed E-state index contributed by atoms with van der Waals surface area (Å²) in [6.45, 7) is 0. The van der Waals surface area contributed by atoms with Gasteiger partial charge in [0, 0.05) is 5.56 Å². The third-order valence-corrected chi connectivity index (χ3v) is 2.54. The van der Waals surface area contributed by atoms with E-state index in [0.29, 0.717) is 5.89 Å². The first-order chi connectivity index (χ1) is 7.54. The van der Waals surface area contributed by atoms with Crippen LogP contribution in [-0.2, 0) is 15.6 Å². The van der Waals surface area contributed by atoms with Crippen molar-refractivity contribution >= 4 is 9.84 Å². The van der Waals surface area contributed by atoms with Gasteiger partial charge in [-0.15, -0.1) is 0 Å². The van der Waals surface area contributed by atoms with Crippen molar-refractivity contribution in [3.63, 3.8) is 0 Å². The predicted octanol–water partition coefficient (Wildman–Crippen LogP) is 1.44. The maximum absolute atomic E-state index is 10.9. The van der Waals surface area contributed by atoms with E-state index in [4.69, 9.17) is 4.52 Å². The van der Waals surface area contributed by atoms with Gasteiger partial charge in [0.15, 0.2) is 15.7 Å². The maximum Gasteiger partial charge on any atom is 0.257 e. The van der Waals surface area contributed by atoms with E-state index in [1.165, 1.54) is 0 Å². The third kappa shape index (κ3) is 2.66. The van der Waals surface area contributed by atoms with Gasteiger partial charge in [0.25, 0.3) is 5.89 Å². The van der Waals surface area contributed by atoms with Gasteiger partial charge in [-0.05, 0) is 12.1 Å². The molecule has 0 N–H and O–H groups in total. The molecular weight excluding hydrogens is 228 g/mol. The molecule has 0 unspecified atom stereocenters. The SMILES string of the molecule is [CH2]S(=O)(=O)Cc1noc(-c2ccccc2)n1. The van der Waals surface area contributed by atoms with E-state index >= 15 is 0 Å². The molecule has 0 spiro atoms. The second-order valence-electron chi connectivity index (χ2n) is 3.27. The Morgan fingerprint density at radius 3 is 2.56 bits per heavy atom. The lowest BCUT2D eigenvalue weighted by Crippen LogP contribution is -1.99. The molecule has 83 valence electrons. The second kappa shape index (κ2) is 4.05. The molecule has 1 aromatic heterocycles. The van der Waals surface area contributed by atoms with Gasteiger partial charge in [-0.2, -0.15) is 4.98 Å². The molecule has 0 amide bonds. The zero-order valence-electron chi connectivity index (χ0n) is 8.33. The van der Waals surface area contributed by atoms with Gasteiger partial charge in [0.1, 0.15) is 5.75 Å². The van der Waals surface area contributed by atoms with E-state index in [-0.39, 0.29) is 11.6 Å². The van der Waals surface area contributed by atoms with Crippen molar-refractivity contribution in [3.8, 4) is 11.5 Å². The zero-order chi connectivity index (χ0) is 11.6. The predicted molar refractivity (Wildman–Crippen MR) is 57.7 cm³/mol. The molecular formula is C10H9N2O3S. The van der Waals surface area contributed by atoms with E-state index in [1.54, 1.807) is 12.1 Å². The molecule has 5 nitrogen and oxygen atoms in total. The first-order valence-corrected chi connectivity index (χ1v) is 6.30. The van der Waals surface area contributed by atoms with Gasteiger partial charge in [-0.25, -0.2) is 8.42 Å². The van der Waals surface area contributed by atoms with Crippen LogP contribution in [0.5, 0.6) is 0 Å². The summed E-state index contributed by atoms with van der Waals surface area (Å²) >= 11 is 0. The van der Waals surface area contributed by atoms with Gasteiger partial charge < -0.3 is 4.52 Å². The van der Waals surface area contributed by atoms with Crippen molar-refractivity contribution in [1.82, 2.24) is 10.1 Å². The van der Waals surface area contributed by atoms with E-state index in [2.05, 4.69) is 16.4 Å². The Morgan fingerprint density at radius 2 is 1.94 bits per heavy atom. The van der Waals surface area contributed by atoms with Crippen LogP contribution in [0.25, 0.3) is 11.5 Å². The Bertz CT molecular complexity index is 575. The first-order valence-electron chi connectivity index (χ1n) is 4.48. The maximum atomic E-state index is 10.9. The number of benzene rings is 1. The fraction of sp³-hybridized carbons (Fsp3) is 0.100. The Hall–Kier alpha value is -1.69. The van der Waals surface area contributed by atoms with E-state index in [1.807, 2.05) is 18.2 Å². The molecule has 16 heavy (non-hydrogen) atoms. The summed E-state index contributed by atoms with van der Waals surface area (Å²) in [5.41, 5.74) is 0.753. The second-order valence-corrected chi connectivity index (χ2v) is 5.05. The summed E-state index contributed by atoms with van der Waals surface area (Å²) in [5, 5.41) is 3.57. The summed E-state index contributed by atoms with van der Waals surface area (Å²) in [7, 11) is -3.38. The molecule has 0 saturated heterocycles. The fourth-order valence-electron chi connectivity index (χ4n) is 1.21. The molecule has 6 heteroatoms. The lowest BCUT2D eigenvalue weighted by Gasteiger charge is -1.90. The largest absolute Gasteiger partial charge is 0.334 e. The molecule has 0 aliphatic heterocycles. The number of sulfone groups is 1. The van der Waals surface area contributed by atoms with Gasteiger partial charge in [-0.3, -0.25) is 0 Å². The summed E-state index contributed by atoms with van der Waals surface area (Å²) < 4.78 is 26.8. The number of nitrogens with zero attached hydrogens (tertiary/aromatic N) is 2. The van der Waals surface area contributed by atoms with Crippen LogP contribution in [0.2, 0.25) is 0 Å². The Balaban J connectivity index is 2.27. The average molecular weight is 237 g/mol. The smallest absolute Gasteiger partial charge is 0.257 e. The monoisotopic (exact) mass is 237 g/mol. The minimum Gasteiger partial charge on any atom is -0.334 e. The van der Waals surface area contributed by atoms with Gasteiger partial charge in [0.2, 0.25) is 0 Å². The van der Waals surface area contributed by atoms with Crippen LogP contribution < -0.4 is 0 Å². The topological polar surface area (TPSA) is 73.1 Å². The van der Waals surface area contributed by atoms with Crippen molar-refractivity contribution in [2.24, 2.45) is 0 Å². The highest BCUT2D eigenvalue weighted by Gasteiger charge is 2.12. The first kappa shape index (κ1) is 10.8. The average Bonchev–Trinajstić information content (AvgIpc) is 2.65. The zero-order valence-corrected chi connectivity index (χ0v) is 9.14. The highest BCUT2D eigenvalue weighted by Crippen LogP contribution is 2.16. The van der Waals surface area contributed by atoms with Crippen LogP contribution in [0, 0.1) is 6.26 Å². The summed E-state index contributed by atoms with van der Waals surface area (Å²) in [6.07, 6.45) is 3.00. The Kier molecular flexibility index (Phi) is 2.74. The number of hydrogen-bond donors (Lipinski definition) is 0. The summed E-state index contributed by atoms with van der Waals surface area (Å²) in [4.78, 5) is 3.97. The minimum absolute atomic E-state index is 0.119. The van der Waals surface area contributed by atoms with Gasteiger partial charge >= 0.3 is 0 Å². The summed E-state index contributed by atoms with van der Waals surface area (Å²) in [6, 6.07) is 9.13. The lowest BCUT2D eigenvalue weighted by molar-refractivity contribution is 0.424. The standard InChI is InChI=1S/C10H9N2O3S/c1-16(13,14)7-9-11-10(15-12-9)8-5-3-2-4-6-8/h2-6H,1,7H2. The molecule has 0 aliphatic rings. The molecule has 0 atom stereocenters. The third-order valence-electron chi connectivity index (χ3n) is 1.84. The molecule has 0 saturated carbocycles. The molecule has 1 aromatic carbocycles. The van der Waals surface area contributed by atoms with Crippen molar-refractivity contribution in [3.05, 3.63) is 42.4 Å². The van der Waals surface area contributed by atoms with E-state index in [9.17, 15) is 8.42 Å². The molecule has 0 fully saturated rings. The van der Waals surface area contributed by atoms with Crippen molar-refractivity contribution in [2.45, 2.75) is 5.75 Å². The van der Waals surface area contributed by atoms with E-state index < -0.39 is 9.84 Å². The van der Waals surface area contributed by atoms with Crippen LogP contribution >= 0.6 is 0 Å². The van der Waals surface area contributed by atoms with Crippen LogP contribution in [-0.4, -0.2) is 18.6 Å². The van der Waals surface area contributed by atoms with Gasteiger partial charge in [0.05, 0.1) is 6.26 Å². The highest BCUT2D eigenvalue weighted by atomic mass is 32.2. The van der Waals surface area contributed by atoms with Crippen molar-refractivity contribution in [2.75, 3.05) is 0 Å². The molecule has 1 heterocycles. The van der Waals surface area contributed by atoms with Gasteiger partial charge in [-0.1, -0.05) is 23.4 Å². The van der Waals surface area contributed by atoms with Crippen LogP contribution in [0.1, 0.15) is 5.82 Å². The van der Waals surface area contributed by atoms with Crippen LogP contribution in [0.3, 0.4) is 0 Å². The molecule has 0 bridgehead atoms. The lowest BCUT2D eigenvalue weighted by atomic mass is 10.2. The number of hydrogen-bond acceptors (Lipinski definition) is 5. The van der Waals surface area contributed by atoms with Crippen molar-refractivity contribution in [1.29, 1.82) is 0 Å². The van der Waals surface area contributed by atoms with E-state index in [0.717, 1.165) is 5.56 Å². The molecule has 1 radical (unpaired) electrons. The highest BCUT2D eigenvalue weighted by molar-refractivity contribution is 7.91. The molecule has 2 rings (SSSR count). The molecule has 0 aliphatic carbocycles. The normalized spacial score (nSPS) is 11.6. The van der Waals surface area contributed by atoms with Crippen LogP contribution in [0.4, 0.5) is 0 Å². The Morgan fingerprint density at radius 1 is 1.25 bits per heavy atom. The quantitative estimate of drug-likeness (QED) is 0.807. The number of aromatic nitrogens is 2. The fourth-order valence-corrected chi connectivity index (χ4v) is 1.72. The molecule has 2 aromatic rings. The number of rotatable bonds is 3. The summed E-state index contributed by atoms with van der Waals surface area (Å²) in [5.74, 6) is 0.108. The Labute approximate surface area is 93.0 Å². The minimum atomic E-state index is -3.38. The van der Waals surface area contributed by atoms with Crippen molar-refractivity contribution < 1.29 is 12.9 Å². The van der Waals surface area contributed by atoms with Crippen LogP contribution in [0.15, 0.2) is 34.9 Å².